The Balaban J connectivity index is 2.35. The van der Waals surface area contributed by atoms with Gasteiger partial charge in [0.15, 0.2) is 0 Å². The monoisotopic (exact) mass is 247 g/mol. The molecular weight excluding hydrogens is 238 g/mol. The number of nitrogens with zero attached hydrogens (tertiary/aromatic N) is 1. The predicted molar refractivity (Wildman–Crippen MR) is 67.6 cm³/mol. The van der Waals surface area contributed by atoms with Crippen molar-refractivity contribution < 1.29 is 4.79 Å². The molecule has 1 aromatic heterocycles. The number of hydrogen-bond donors (Lipinski definition) is 2. The number of rotatable bonds is 0. The number of carbonyl (C=O) groups excluding carboxylic acids is 1. The van der Waals surface area contributed by atoms with Gasteiger partial charge < -0.3 is 10.6 Å². The first kappa shape index (κ1) is 10.4. The van der Waals surface area contributed by atoms with Crippen molar-refractivity contribution in [1.29, 1.82) is 0 Å². The fraction of sp³-hybridized carbons (Fsp3) is 0.167. The summed E-state index contributed by atoms with van der Waals surface area (Å²) in [6, 6.07) is 5.57. The van der Waals surface area contributed by atoms with E-state index in [9.17, 15) is 4.79 Å². The molecule has 5 heteroatoms. The van der Waals surface area contributed by atoms with Gasteiger partial charge in [-0.25, -0.2) is 0 Å². The van der Waals surface area contributed by atoms with Crippen molar-refractivity contribution in [2.45, 2.75) is 0 Å². The largest absolute Gasteiger partial charge is 0.382 e. The number of benzene rings is 1. The van der Waals surface area contributed by atoms with E-state index in [1.165, 1.54) is 0 Å². The Morgan fingerprint density at radius 2 is 2.06 bits per heavy atom. The Kier molecular flexibility index (Phi) is 2.37. The summed E-state index contributed by atoms with van der Waals surface area (Å²) in [7, 11) is 0. The van der Waals surface area contributed by atoms with Crippen LogP contribution in [-0.2, 0) is 0 Å². The highest BCUT2D eigenvalue weighted by Crippen LogP contribution is 2.30. The van der Waals surface area contributed by atoms with E-state index >= 15 is 0 Å². The number of pyridine rings is 1. The molecular formula is C12H10ClN3O. The predicted octanol–water partition coefficient (Wildman–Crippen LogP) is 2.04. The summed E-state index contributed by atoms with van der Waals surface area (Å²) in [5.74, 6) is -0.0978. The summed E-state index contributed by atoms with van der Waals surface area (Å²) in [5.41, 5.74) is 2.10. The number of anilines is 1. The van der Waals surface area contributed by atoms with Crippen molar-refractivity contribution in [3.8, 4) is 0 Å². The lowest BCUT2D eigenvalue weighted by Gasteiger charge is -2.10. The van der Waals surface area contributed by atoms with Crippen molar-refractivity contribution in [2.75, 3.05) is 18.4 Å². The molecule has 1 aromatic carbocycles. The van der Waals surface area contributed by atoms with Gasteiger partial charge in [-0.3, -0.25) is 9.78 Å². The zero-order valence-electron chi connectivity index (χ0n) is 8.96. The van der Waals surface area contributed by atoms with Gasteiger partial charge in [0.1, 0.15) is 0 Å². The van der Waals surface area contributed by atoms with Gasteiger partial charge in [-0.15, -0.1) is 0 Å². The van der Waals surface area contributed by atoms with E-state index < -0.39 is 0 Å². The van der Waals surface area contributed by atoms with Gasteiger partial charge in [0, 0.05) is 24.7 Å². The summed E-state index contributed by atoms with van der Waals surface area (Å²) >= 11 is 6.09. The summed E-state index contributed by atoms with van der Waals surface area (Å²) in [6.45, 7) is 1.31. The van der Waals surface area contributed by atoms with E-state index in [1.54, 1.807) is 12.3 Å². The number of amides is 1. The first-order chi connectivity index (χ1) is 8.27. The minimum absolute atomic E-state index is 0.0978. The van der Waals surface area contributed by atoms with Crippen LogP contribution in [0.15, 0.2) is 24.4 Å². The Morgan fingerprint density at radius 1 is 1.24 bits per heavy atom. The van der Waals surface area contributed by atoms with E-state index in [1.807, 2.05) is 12.1 Å². The Bertz CT molecular complexity index is 612. The molecule has 2 heterocycles. The third-order valence-corrected chi connectivity index (χ3v) is 3.11. The van der Waals surface area contributed by atoms with Crippen LogP contribution in [0.5, 0.6) is 0 Å². The Hall–Kier alpha value is -1.81. The SMILES string of the molecule is O=C1NCCNc2c1cnc1c(Cl)cccc21. The van der Waals surface area contributed by atoms with Crippen molar-refractivity contribution in [3.63, 3.8) is 0 Å². The molecule has 0 bridgehead atoms. The number of aromatic nitrogens is 1. The molecule has 0 unspecified atom stereocenters. The molecule has 0 fully saturated rings. The fourth-order valence-electron chi connectivity index (χ4n) is 2.01. The topological polar surface area (TPSA) is 54.0 Å². The molecule has 0 radical (unpaired) electrons. The lowest BCUT2D eigenvalue weighted by atomic mass is 10.1. The van der Waals surface area contributed by atoms with Crippen molar-refractivity contribution in [3.05, 3.63) is 35.0 Å². The summed E-state index contributed by atoms with van der Waals surface area (Å²) < 4.78 is 0. The standard InChI is InChI=1S/C12H10ClN3O/c13-9-3-1-2-7-10-8(6-16-11(7)9)12(17)15-5-4-14-10/h1-3,6,14H,4-5H2,(H,15,17). The van der Waals surface area contributed by atoms with Crippen LogP contribution in [-0.4, -0.2) is 24.0 Å². The van der Waals surface area contributed by atoms with E-state index in [4.69, 9.17) is 11.6 Å². The van der Waals surface area contributed by atoms with Gasteiger partial charge in [-0.1, -0.05) is 23.7 Å². The van der Waals surface area contributed by atoms with E-state index in [0.29, 0.717) is 23.7 Å². The van der Waals surface area contributed by atoms with Gasteiger partial charge in [0.25, 0.3) is 5.91 Å². The molecule has 17 heavy (non-hydrogen) atoms. The van der Waals surface area contributed by atoms with Gasteiger partial charge >= 0.3 is 0 Å². The van der Waals surface area contributed by atoms with Crippen LogP contribution in [0.3, 0.4) is 0 Å². The van der Waals surface area contributed by atoms with Crippen LogP contribution < -0.4 is 10.6 Å². The van der Waals surface area contributed by atoms with Crippen molar-refractivity contribution in [2.24, 2.45) is 0 Å². The maximum absolute atomic E-state index is 11.8. The maximum atomic E-state index is 11.8. The van der Waals surface area contributed by atoms with E-state index in [2.05, 4.69) is 15.6 Å². The molecule has 2 N–H and O–H groups in total. The number of carbonyl (C=O) groups is 1. The second-order valence-corrected chi connectivity index (χ2v) is 4.27. The molecule has 0 saturated heterocycles. The molecule has 1 aliphatic heterocycles. The quantitative estimate of drug-likeness (QED) is 0.749. The Labute approximate surface area is 103 Å². The van der Waals surface area contributed by atoms with E-state index in [-0.39, 0.29) is 5.91 Å². The summed E-state index contributed by atoms with van der Waals surface area (Å²) in [4.78, 5) is 16.1. The van der Waals surface area contributed by atoms with Gasteiger partial charge in [-0.2, -0.15) is 0 Å². The average molecular weight is 248 g/mol. The molecule has 0 aliphatic carbocycles. The smallest absolute Gasteiger partial charge is 0.255 e. The van der Waals surface area contributed by atoms with Crippen LogP contribution >= 0.6 is 11.6 Å². The molecule has 0 saturated carbocycles. The van der Waals surface area contributed by atoms with Crippen LogP contribution in [0.2, 0.25) is 5.02 Å². The number of halogens is 1. The van der Waals surface area contributed by atoms with Crippen molar-refractivity contribution >= 4 is 34.1 Å². The second kappa shape index (κ2) is 3.89. The third kappa shape index (κ3) is 1.61. The minimum Gasteiger partial charge on any atom is -0.382 e. The minimum atomic E-state index is -0.0978. The number of hydrogen-bond acceptors (Lipinski definition) is 3. The molecule has 2 aromatic rings. The molecule has 1 amide bonds. The normalized spacial score (nSPS) is 14.8. The summed E-state index contributed by atoms with van der Waals surface area (Å²) in [5, 5.41) is 7.53. The van der Waals surface area contributed by atoms with Gasteiger partial charge in [0.05, 0.1) is 21.8 Å². The van der Waals surface area contributed by atoms with Gasteiger partial charge in [0.2, 0.25) is 0 Å². The zero-order valence-corrected chi connectivity index (χ0v) is 9.71. The highest BCUT2D eigenvalue weighted by molar-refractivity contribution is 6.35. The average Bonchev–Trinajstić information content (AvgIpc) is 2.52. The lowest BCUT2D eigenvalue weighted by molar-refractivity contribution is 0.0958. The molecule has 3 rings (SSSR count). The van der Waals surface area contributed by atoms with Crippen LogP contribution in [0.25, 0.3) is 10.9 Å². The highest BCUT2D eigenvalue weighted by Gasteiger charge is 2.18. The number of nitrogens with one attached hydrogen (secondary N) is 2. The first-order valence-corrected chi connectivity index (χ1v) is 5.74. The molecule has 86 valence electrons. The molecule has 1 aliphatic rings. The third-order valence-electron chi connectivity index (χ3n) is 2.81. The second-order valence-electron chi connectivity index (χ2n) is 3.87. The van der Waals surface area contributed by atoms with Crippen LogP contribution in [0.4, 0.5) is 5.69 Å². The van der Waals surface area contributed by atoms with Crippen LogP contribution in [0, 0.1) is 0 Å². The molecule has 4 nitrogen and oxygen atoms in total. The van der Waals surface area contributed by atoms with Gasteiger partial charge in [-0.05, 0) is 6.07 Å². The Morgan fingerprint density at radius 3 is 2.94 bits per heavy atom. The lowest BCUT2D eigenvalue weighted by Crippen LogP contribution is -2.24. The number of fused-ring (bicyclic) bond motifs is 3. The van der Waals surface area contributed by atoms with Crippen molar-refractivity contribution in [1.82, 2.24) is 10.3 Å². The maximum Gasteiger partial charge on any atom is 0.255 e. The number of para-hydroxylation sites is 1. The fourth-order valence-corrected chi connectivity index (χ4v) is 2.23. The van der Waals surface area contributed by atoms with Crippen LogP contribution in [0.1, 0.15) is 10.4 Å². The highest BCUT2D eigenvalue weighted by atomic mass is 35.5. The first-order valence-electron chi connectivity index (χ1n) is 5.36. The zero-order chi connectivity index (χ0) is 11.8. The summed E-state index contributed by atoms with van der Waals surface area (Å²) in [6.07, 6.45) is 1.57. The molecule has 0 spiro atoms. The molecule has 0 atom stereocenters. The van der Waals surface area contributed by atoms with E-state index in [0.717, 1.165) is 16.6 Å².